The third-order valence-corrected chi connectivity index (χ3v) is 2.27. The number of carbonyl (C=O) groups is 1. The van der Waals surface area contributed by atoms with Gasteiger partial charge in [0.25, 0.3) is 4.82 Å². The lowest BCUT2D eigenvalue weighted by molar-refractivity contribution is 0.270. The van der Waals surface area contributed by atoms with E-state index in [1.54, 1.807) is 0 Å². The molecule has 0 spiro atoms. The summed E-state index contributed by atoms with van der Waals surface area (Å²) < 4.78 is 0. The molecule has 1 aromatic rings. The van der Waals surface area contributed by atoms with E-state index in [9.17, 15) is 4.79 Å². The van der Waals surface area contributed by atoms with E-state index in [4.69, 9.17) is 0 Å². The summed E-state index contributed by atoms with van der Waals surface area (Å²) in [6.45, 7) is 6.06. The van der Waals surface area contributed by atoms with Crippen LogP contribution in [0.1, 0.15) is 16.7 Å². The molecule has 1 N–H and O–H groups in total. The first-order valence-corrected chi connectivity index (χ1v) is 4.84. The van der Waals surface area contributed by atoms with E-state index in [0.717, 1.165) is 11.3 Å². The van der Waals surface area contributed by atoms with Gasteiger partial charge in [0.05, 0.1) is 0 Å². The Morgan fingerprint density at radius 1 is 1.15 bits per heavy atom. The highest BCUT2D eigenvalue weighted by molar-refractivity contribution is 9.18. The van der Waals surface area contributed by atoms with E-state index in [1.807, 2.05) is 19.9 Å². The van der Waals surface area contributed by atoms with Crippen LogP contribution in [-0.2, 0) is 0 Å². The van der Waals surface area contributed by atoms with Crippen molar-refractivity contribution in [2.24, 2.45) is 0 Å². The third-order valence-electron chi connectivity index (χ3n) is 2.07. The lowest BCUT2D eigenvalue weighted by Gasteiger charge is -2.08. The maximum Gasteiger partial charge on any atom is 0.291 e. The van der Waals surface area contributed by atoms with Crippen LogP contribution in [0.25, 0.3) is 0 Å². The highest BCUT2D eigenvalue weighted by Gasteiger charge is 2.03. The van der Waals surface area contributed by atoms with Gasteiger partial charge in [0.1, 0.15) is 0 Å². The molecule has 0 radical (unpaired) electrons. The number of hydrogen-bond donors (Lipinski definition) is 1. The maximum atomic E-state index is 10.8. The van der Waals surface area contributed by atoms with Gasteiger partial charge in [-0.1, -0.05) is 6.07 Å². The second-order valence-corrected chi connectivity index (χ2v) is 3.87. The number of rotatable bonds is 1. The molecule has 0 bridgehead atoms. The SMILES string of the molecule is Cc1cc(C)c(NC(=O)Br)cc1C. The van der Waals surface area contributed by atoms with Crippen molar-refractivity contribution in [2.45, 2.75) is 20.8 Å². The van der Waals surface area contributed by atoms with Gasteiger partial charge in [0, 0.05) is 21.6 Å². The van der Waals surface area contributed by atoms with Crippen molar-refractivity contribution >= 4 is 26.4 Å². The molecule has 1 amide bonds. The summed E-state index contributed by atoms with van der Waals surface area (Å²) in [6, 6.07) is 4.04. The second kappa shape index (κ2) is 3.92. The van der Waals surface area contributed by atoms with Crippen molar-refractivity contribution in [1.29, 1.82) is 0 Å². The van der Waals surface area contributed by atoms with Gasteiger partial charge < -0.3 is 5.32 Å². The zero-order chi connectivity index (χ0) is 10.0. The molecule has 0 fully saturated rings. The number of anilines is 1. The van der Waals surface area contributed by atoms with Crippen molar-refractivity contribution < 1.29 is 4.79 Å². The molecule has 1 rings (SSSR count). The molecule has 3 heteroatoms. The van der Waals surface area contributed by atoms with Crippen LogP contribution in [0.5, 0.6) is 0 Å². The van der Waals surface area contributed by atoms with Gasteiger partial charge in [0.2, 0.25) is 0 Å². The Hall–Kier alpha value is -0.830. The first-order valence-electron chi connectivity index (χ1n) is 4.05. The van der Waals surface area contributed by atoms with Crippen LogP contribution in [0.4, 0.5) is 10.5 Å². The Labute approximate surface area is 86.5 Å². The fourth-order valence-corrected chi connectivity index (χ4v) is 1.41. The van der Waals surface area contributed by atoms with E-state index < -0.39 is 0 Å². The smallest absolute Gasteiger partial charge is 0.291 e. The Morgan fingerprint density at radius 2 is 1.69 bits per heavy atom. The average molecular weight is 242 g/mol. The van der Waals surface area contributed by atoms with Crippen LogP contribution in [0.2, 0.25) is 0 Å². The largest absolute Gasteiger partial charge is 0.316 e. The van der Waals surface area contributed by atoms with E-state index >= 15 is 0 Å². The molecule has 0 aliphatic carbocycles. The number of benzene rings is 1. The molecule has 1 aromatic carbocycles. The summed E-state index contributed by atoms with van der Waals surface area (Å²) >= 11 is 2.84. The first-order chi connectivity index (χ1) is 6.00. The lowest BCUT2D eigenvalue weighted by Crippen LogP contribution is -2.03. The van der Waals surface area contributed by atoms with E-state index in [-0.39, 0.29) is 4.82 Å². The quantitative estimate of drug-likeness (QED) is 0.592. The highest BCUT2D eigenvalue weighted by atomic mass is 79.9. The second-order valence-electron chi connectivity index (χ2n) is 3.15. The van der Waals surface area contributed by atoms with Crippen molar-refractivity contribution in [1.82, 2.24) is 0 Å². The monoisotopic (exact) mass is 241 g/mol. The van der Waals surface area contributed by atoms with Crippen molar-refractivity contribution in [3.8, 4) is 0 Å². The summed E-state index contributed by atoms with van der Waals surface area (Å²) in [5.74, 6) is 0. The van der Waals surface area contributed by atoms with Crippen LogP contribution in [0.15, 0.2) is 12.1 Å². The number of carbonyl (C=O) groups excluding carboxylic acids is 1. The zero-order valence-electron chi connectivity index (χ0n) is 7.94. The van der Waals surface area contributed by atoms with Crippen LogP contribution in [0.3, 0.4) is 0 Å². The molecule has 0 aliphatic heterocycles. The van der Waals surface area contributed by atoms with Gasteiger partial charge >= 0.3 is 0 Å². The zero-order valence-corrected chi connectivity index (χ0v) is 9.53. The van der Waals surface area contributed by atoms with Crippen molar-refractivity contribution in [3.63, 3.8) is 0 Å². The predicted molar refractivity (Wildman–Crippen MR) is 58.6 cm³/mol. The van der Waals surface area contributed by atoms with E-state index in [1.165, 1.54) is 11.1 Å². The van der Waals surface area contributed by atoms with E-state index in [0.29, 0.717) is 0 Å². The van der Waals surface area contributed by atoms with Crippen molar-refractivity contribution in [3.05, 3.63) is 28.8 Å². The average Bonchev–Trinajstić information content (AvgIpc) is 1.99. The molecule has 0 aromatic heterocycles. The van der Waals surface area contributed by atoms with Gasteiger partial charge in [-0.15, -0.1) is 0 Å². The van der Waals surface area contributed by atoms with Gasteiger partial charge in [-0.3, -0.25) is 4.79 Å². The Balaban J connectivity index is 3.08. The van der Waals surface area contributed by atoms with Crippen LogP contribution in [0, 0.1) is 20.8 Å². The number of nitrogens with one attached hydrogen (secondary N) is 1. The molecule has 0 saturated carbocycles. The maximum absolute atomic E-state index is 10.8. The minimum absolute atomic E-state index is 0.209. The molecule has 2 nitrogen and oxygen atoms in total. The minimum atomic E-state index is -0.209. The molecule has 0 atom stereocenters. The molecular formula is C10H12BrNO. The predicted octanol–water partition coefficient (Wildman–Crippen LogP) is 3.54. The Morgan fingerprint density at radius 3 is 2.23 bits per heavy atom. The fourth-order valence-electron chi connectivity index (χ4n) is 1.20. The molecule has 0 saturated heterocycles. The molecule has 0 unspecified atom stereocenters. The first kappa shape index (κ1) is 10.3. The van der Waals surface area contributed by atoms with Gasteiger partial charge in [-0.2, -0.15) is 0 Å². The Kier molecular flexibility index (Phi) is 3.09. The summed E-state index contributed by atoms with van der Waals surface area (Å²) in [4.78, 5) is 10.6. The number of aryl methyl sites for hydroxylation is 3. The molecule has 0 aliphatic rings. The third kappa shape index (κ3) is 2.56. The molecule has 70 valence electrons. The van der Waals surface area contributed by atoms with Gasteiger partial charge in [-0.05, 0) is 43.5 Å². The normalized spacial score (nSPS) is 9.85. The minimum Gasteiger partial charge on any atom is -0.316 e. The van der Waals surface area contributed by atoms with Crippen LogP contribution in [-0.4, -0.2) is 4.82 Å². The van der Waals surface area contributed by atoms with Gasteiger partial charge in [-0.25, -0.2) is 0 Å². The number of hydrogen-bond acceptors (Lipinski definition) is 1. The van der Waals surface area contributed by atoms with Crippen LogP contribution >= 0.6 is 15.9 Å². The summed E-state index contributed by atoms with van der Waals surface area (Å²) in [5, 5.41) is 2.72. The molecular weight excluding hydrogens is 230 g/mol. The topological polar surface area (TPSA) is 29.1 Å². The Bertz CT molecular complexity index is 347. The number of amides is 1. The summed E-state index contributed by atoms with van der Waals surface area (Å²) in [7, 11) is 0. The van der Waals surface area contributed by atoms with Crippen LogP contribution < -0.4 is 5.32 Å². The number of halogens is 1. The molecule has 13 heavy (non-hydrogen) atoms. The summed E-state index contributed by atoms with van der Waals surface area (Å²) in [5.41, 5.74) is 4.37. The molecule has 0 heterocycles. The van der Waals surface area contributed by atoms with Crippen molar-refractivity contribution in [2.75, 3.05) is 5.32 Å². The fraction of sp³-hybridized carbons (Fsp3) is 0.300. The van der Waals surface area contributed by atoms with E-state index in [2.05, 4.69) is 34.2 Å². The standard InChI is InChI=1S/C10H12BrNO/c1-6-4-8(3)9(5-7(6)2)12-10(11)13/h4-5H,1-3H3,(H,12,13). The van der Waals surface area contributed by atoms with Gasteiger partial charge in [0.15, 0.2) is 0 Å². The summed E-state index contributed by atoms with van der Waals surface area (Å²) in [6.07, 6.45) is 0. The lowest BCUT2D eigenvalue weighted by atomic mass is 10.1. The highest BCUT2D eigenvalue weighted by Crippen LogP contribution is 2.20.